The Bertz CT molecular complexity index is 1170. The highest BCUT2D eigenvalue weighted by atomic mass is 19.4. The van der Waals surface area contributed by atoms with E-state index in [1.165, 1.54) is 16.9 Å². The Kier molecular flexibility index (Phi) is 6.41. The van der Waals surface area contributed by atoms with Crippen molar-refractivity contribution in [3.05, 3.63) is 54.3 Å². The van der Waals surface area contributed by atoms with Crippen molar-refractivity contribution in [2.75, 3.05) is 0 Å². The number of nitrogens with one attached hydrogen (secondary N) is 1. The molecule has 3 aromatic rings. The number of nitrogens with zero attached hydrogens (tertiary/aromatic N) is 5. The molecule has 1 aliphatic rings. The zero-order chi connectivity index (χ0) is 24.5. The Hall–Kier alpha value is -3.31. The molecule has 34 heavy (non-hydrogen) atoms. The zero-order valence-corrected chi connectivity index (χ0v) is 18.1. The van der Waals surface area contributed by atoms with E-state index in [2.05, 4.69) is 27.1 Å². The lowest BCUT2D eigenvalue weighted by Crippen LogP contribution is -2.37. The van der Waals surface area contributed by atoms with E-state index in [-0.39, 0.29) is 37.2 Å². The van der Waals surface area contributed by atoms with E-state index in [1.807, 2.05) is 0 Å². The summed E-state index contributed by atoms with van der Waals surface area (Å²) in [5.74, 6) is -3.62. The summed E-state index contributed by atoms with van der Waals surface area (Å²) in [6.07, 6.45) is 1.60. The van der Waals surface area contributed by atoms with E-state index < -0.39 is 37.0 Å². The van der Waals surface area contributed by atoms with Crippen molar-refractivity contribution in [3.63, 3.8) is 0 Å². The molecule has 1 unspecified atom stereocenters. The number of rotatable bonds is 7. The first-order chi connectivity index (χ1) is 16.0. The Morgan fingerprint density at radius 3 is 2.65 bits per heavy atom. The van der Waals surface area contributed by atoms with Crippen molar-refractivity contribution < 1.29 is 26.7 Å². The molecule has 182 valence electrons. The number of carbonyl (C=O) groups is 1. The molecule has 1 saturated carbocycles. The lowest BCUT2D eigenvalue weighted by Gasteiger charge is -2.33. The number of hydrogen-bond donors (Lipinski definition) is 1. The van der Waals surface area contributed by atoms with Crippen LogP contribution in [-0.2, 0) is 6.54 Å². The number of amides is 1. The second kappa shape index (κ2) is 9.15. The number of fused-ring (bicyclic) bond motifs is 1. The van der Waals surface area contributed by atoms with Crippen LogP contribution in [0, 0.1) is 5.92 Å². The van der Waals surface area contributed by atoms with Crippen LogP contribution in [0.5, 0.6) is 0 Å². The van der Waals surface area contributed by atoms with Gasteiger partial charge in [-0.1, -0.05) is 12.7 Å². The van der Waals surface area contributed by atoms with E-state index in [1.54, 1.807) is 24.5 Å². The van der Waals surface area contributed by atoms with Crippen LogP contribution in [-0.4, -0.2) is 42.4 Å². The summed E-state index contributed by atoms with van der Waals surface area (Å²) < 4.78 is 67.5. The summed E-state index contributed by atoms with van der Waals surface area (Å²) in [6, 6.07) is 1.07. The van der Waals surface area contributed by atoms with Gasteiger partial charge in [0.25, 0.3) is 5.91 Å². The summed E-state index contributed by atoms with van der Waals surface area (Å²) in [5, 5.41) is 10.9. The minimum atomic E-state index is -4.34. The van der Waals surface area contributed by atoms with Crippen LogP contribution in [0.25, 0.3) is 11.7 Å². The molecule has 12 heteroatoms. The number of aromatic nitrogens is 5. The van der Waals surface area contributed by atoms with Gasteiger partial charge in [0.2, 0.25) is 5.92 Å². The van der Waals surface area contributed by atoms with Gasteiger partial charge in [-0.2, -0.15) is 23.4 Å². The second-order valence-corrected chi connectivity index (χ2v) is 8.46. The fraction of sp³-hybridized carbons (Fsp3) is 0.455. The quantitative estimate of drug-likeness (QED) is 0.490. The maximum absolute atomic E-state index is 13.8. The monoisotopic (exact) mass is 482 g/mol. The Morgan fingerprint density at radius 2 is 1.97 bits per heavy atom. The molecule has 1 aliphatic carbocycles. The fourth-order valence-corrected chi connectivity index (χ4v) is 4.07. The Labute approximate surface area is 191 Å². The van der Waals surface area contributed by atoms with Crippen molar-refractivity contribution in [1.82, 2.24) is 29.7 Å². The molecule has 0 bridgehead atoms. The molecule has 0 spiro atoms. The molecule has 1 N–H and O–H groups in total. The molecule has 4 rings (SSSR count). The second-order valence-electron chi connectivity index (χ2n) is 8.46. The summed E-state index contributed by atoms with van der Waals surface area (Å²) in [4.78, 5) is 17.5. The molecule has 7 nitrogen and oxygen atoms in total. The van der Waals surface area contributed by atoms with Crippen molar-refractivity contribution in [1.29, 1.82) is 0 Å². The number of hydrogen-bond acceptors (Lipinski definition) is 4. The minimum absolute atomic E-state index is 0.0733. The van der Waals surface area contributed by atoms with Crippen LogP contribution >= 0.6 is 0 Å². The van der Waals surface area contributed by atoms with Gasteiger partial charge in [0.15, 0.2) is 5.65 Å². The Balaban J connectivity index is 1.57. The molecule has 3 aromatic heterocycles. The van der Waals surface area contributed by atoms with Gasteiger partial charge in [0.1, 0.15) is 0 Å². The summed E-state index contributed by atoms with van der Waals surface area (Å²) in [6.45, 7) is 3.28. The van der Waals surface area contributed by atoms with Gasteiger partial charge in [-0.3, -0.25) is 9.48 Å². The molecule has 1 amide bonds. The van der Waals surface area contributed by atoms with Gasteiger partial charge in [-0.25, -0.2) is 18.3 Å². The van der Waals surface area contributed by atoms with E-state index in [0.717, 1.165) is 10.2 Å². The predicted molar refractivity (Wildman–Crippen MR) is 113 cm³/mol. The lowest BCUT2D eigenvalue weighted by molar-refractivity contribution is -0.137. The largest absolute Gasteiger partial charge is 0.390 e. The molecule has 3 heterocycles. The standard InChI is InChI=1S/C22H23F5N6O/c1-2-14-9-18-30-17(13-33(18)29-10-14)19(15-3-5-21(23,24)6-4-15)31-20(34)16-11-28-32(12-16)8-7-22(25,26)27/h2,9-13,15,19H,1,3-8H2,(H,31,34). The van der Waals surface area contributed by atoms with Crippen LogP contribution < -0.4 is 5.32 Å². The molecular formula is C22H23F5N6O. The summed E-state index contributed by atoms with van der Waals surface area (Å²) in [5.41, 5.74) is 1.78. The highest BCUT2D eigenvalue weighted by Gasteiger charge is 2.39. The highest BCUT2D eigenvalue weighted by Crippen LogP contribution is 2.41. The average molecular weight is 482 g/mol. The van der Waals surface area contributed by atoms with Gasteiger partial charge in [-0.15, -0.1) is 0 Å². The van der Waals surface area contributed by atoms with Crippen LogP contribution in [0.4, 0.5) is 22.0 Å². The van der Waals surface area contributed by atoms with Crippen molar-refractivity contribution in [3.8, 4) is 0 Å². The van der Waals surface area contributed by atoms with E-state index in [0.29, 0.717) is 11.3 Å². The highest BCUT2D eigenvalue weighted by molar-refractivity contribution is 5.94. The first-order valence-corrected chi connectivity index (χ1v) is 10.8. The topological polar surface area (TPSA) is 77.1 Å². The zero-order valence-electron chi connectivity index (χ0n) is 18.1. The molecular weight excluding hydrogens is 459 g/mol. The summed E-state index contributed by atoms with van der Waals surface area (Å²) >= 11 is 0. The number of imidazole rings is 1. The smallest absolute Gasteiger partial charge is 0.343 e. The first-order valence-electron chi connectivity index (χ1n) is 10.8. The minimum Gasteiger partial charge on any atom is -0.343 e. The van der Waals surface area contributed by atoms with Gasteiger partial charge in [-0.05, 0) is 30.4 Å². The molecule has 0 radical (unpaired) electrons. The maximum Gasteiger partial charge on any atom is 0.390 e. The number of aryl methyl sites for hydroxylation is 1. The van der Waals surface area contributed by atoms with Crippen LogP contribution in [0.15, 0.2) is 37.4 Å². The number of halogens is 5. The maximum atomic E-state index is 13.8. The molecule has 1 fully saturated rings. The van der Waals surface area contributed by atoms with Crippen molar-refractivity contribution in [2.45, 2.75) is 56.8 Å². The number of carbonyl (C=O) groups excluding carboxylic acids is 1. The lowest BCUT2D eigenvalue weighted by atomic mass is 9.81. The van der Waals surface area contributed by atoms with E-state index in [4.69, 9.17) is 0 Å². The van der Waals surface area contributed by atoms with Gasteiger partial charge < -0.3 is 5.32 Å². The van der Waals surface area contributed by atoms with Crippen molar-refractivity contribution in [2.24, 2.45) is 5.92 Å². The van der Waals surface area contributed by atoms with Gasteiger partial charge in [0.05, 0.1) is 42.3 Å². The molecule has 0 saturated heterocycles. The van der Waals surface area contributed by atoms with Crippen molar-refractivity contribution >= 4 is 17.6 Å². The third-order valence-corrected chi connectivity index (χ3v) is 5.95. The SMILES string of the molecule is C=Cc1cnn2cc(C(NC(=O)c3cnn(CCC(F)(F)F)c3)C3CCC(F)(F)CC3)nc2c1. The molecule has 1 atom stereocenters. The van der Waals surface area contributed by atoms with Gasteiger partial charge >= 0.3 is 6.18 Å². The Morgan fingerprint density at radius 1 is 1.24 bits per heavy atom. The van der Waals surface area contributed by atoms with E-state index >= 15 is 0 Å². The molecule has 0 aliphatic heterocycles. The predicted octanol–water partition coefficient (Wildman–Crippen LogP) is 4.82. The van der Waals surface area contributed by atoms with Crippen LogP contribution in [0.2, 0.25) is 0 Å². The van der Waals surface area contributed by atoms with E-state index in [9.17, 15) is 26.7 Å². The third-order valence-electron chi connectivity index (χ3n) is 5.95. The van der Waals surface area contributed by atoms with Crippen LogP contribution in [0.3, 0.4) is 0 Å². The number of alkyl halides is 5. The van der Waals surface area contributed by atoms with Crippen LogP contribution in [0.1, 0.15) is 59.8 Å². The third kappa shape index (κ3) is 5.60. The summed E-state index contributed by atoms with van der Waals surface area (Å²) in [7, 11) is 0. The normalized spacial score (nSPS) is 17.6. The average Bonchev–Trinajstić information content (AvgIpc) is 3.42. The fourth-order valence-electron chi connectivity index (χ4n) is 4.07. The molecule has 0 aromatic carbocycles. The first kappa shape index (κ1) is 23.8. The van der Waals surface area contributed by atoms with Gasteiger partial charge in [0, 0.05) is 25.6 Å².